The van der Waals surface area contributed by atoms with Gasteiger partial charge < -0.3 is 19.5 Å². The Morgan fingerprint density at radius 1 is 0.931 bits per heavy atom. The lowest BCUT2D eigenvalue weighted by Gasteiger charge is -2.21. The second-order valence-corrected chi connectivity index (χ2v) is 7.67. The summed E-state index contributed by atoms with van der Waals surface area (Å²) >= 11 is 0. The van der Waals surface area contributed by atoms with Crippen LogP contribution in [0.1, 0.15) is 75.3 Å². The molecule has 2 atom stereocenters. The fraction of sp³-hybridized carbons (Fsp3) is 0.520. The maximum atomic E-state index is 5.99. The zero-order valence-electron chi connectivity index (χ0n) is 18.2. The van der Waals surface area contributed by atoms with Gasteiger partial charge in [-0.1, -0.05) is 30.3 Å². The van der Waals surface area contributed by atoms with Crippen LogP contribution in [0.15, 0.2) is 42.5 Å². The molecule has 1 N–H and O–H groups in total. The minimum atomic E-state index is 0.0974. The van der Waals surface area contributed by atoms with Gasteiger partial charge in [0, 0.05) is 18.2 Å². The van der Waals surface area contributed by atoms with Crippen molar-refractivity contribution in [2.75, 3.05) is 26.4 Å². The number of nitrogens with one attached hydrogen (secondary N) is 1. The molecule has 4 heteroatoms. The lowest BCUT2D eigenvalue weighted by Crippen LogP contribution is -2.24. The summed E-state index contributed by atoms with van der Waals surface area (Å²) in [4.78, 5) is 0. The quantitative estimate of drug-likeness (QED) is 0.460. The fourth-order valence-electron chi connectivity index (χ4n) is 3.64. The predicted octanol–water partition coefficient (Wildman–Crippen LogP) is 5.79. The van der Waals surface area contributed by atoms with Crippen molar-refractivity contribution < 1.29 is 14.2 Å². The molecule has 158 valence electrons. The molecule has 0 saturated heterocycles. The van der Waals surface area contributed by atoms with Crippen LogP contribution >= 0.6 is 0 Å². The summed E-state index contributed by atoms with van der Waals surface area (Å²) in [6.45, 7) is 11.1. The number of benzene rings is 2. The maximum Gasteiger partial charge on any atom is 0.126 e. The third-order valence-electron chi connectivity index (χ3n) is 5.40. The van der Waals surface area contributed by atoms with Crippen LogP contribution in [0.5, 0.6) is 11.5 Å². The van der Waals surface area contributed by atoms with Crippen molar-refractivity contribution in [2.45, 2.75) is 58.6 Å². The maximum absolute atomic E-state index is 5.99. The van der Waals surface area contributed by atoms with Gasteiger partial charge in [0.15, 0.2) is 0 Å². The normalized spacial score (nSPS) is 15.7. The third kappa shape index (κ3) is 5.97. The Morgan fingerprint density at radius 3 is 2.10 bits per heavy atom. The number of hydrogen-bond donors (Lipinski definition) is 1. The van der Waals surface area contributed by atoms with Crippen LogP contribution in [0.25, 0.3) is 0 Å². The Labute approximate surface area is 175 Å². The minimum absolute atomic E-state index is 0.0974. The van der Waals surface area contributed by atoms with Crippen LogP contribution in [-0.2, 0) is 4.74 Å². The largest absolute Gasteiger partial charge is 0.493 e. The van der Waals surface area contributed by atoms with Gasteiger partial charge in [-0.05, 0) is 69.7 Å². The van der Waals surface area contributed by atoms with Gasteiger partial charge in [0.25, 0.3) is 0 Å². The van der Waals surface area contributed by atoms with E-state index in [0.717, 1.165) is 18.0 Å². The molecule has 0 aliphatic heterocycles. The third-order valence-corrected chi connectivity index (χ3v) is 5.40. The van der Waals surface area contributed by atoms with Gasteiger partial charge >= 0.3 is 0 Å². The Kier molecular flexibility index (Phi) is 7.96. The van der Waals surface area contributed by atoms with E-state index in [9.17, 15) is 0 Å². The van der Waals surface area contributed by atoms with E-state index < -0.39 is 0 Å². The van der Waals surface area contributed by atoms with Crippen molar-refractivity contribution in [3.05, 3.63) is 59.2 Å². The highest BCUT2D eigenvalue weighted by Gasteiger charge is 2.31. The Hall–Kier alpha value is -2.04. The van der Waals surface area contributed by atoms with E-state index >= 15 is 0 Å². The fourth-order valence-corrected chi connectivity index (χ4v) is 3.64. The van der Waals surface area contributed by atoms with Gasteiger partial charge in [-0.3, -0.25) is 0 Å². The van der Waals surface area contributed by atoms with Gasteiger partial charge in [0.05, 0.1) is 25.9 Å². The first-order valence-electron chi connectivity index (χ1n) is 11.0. The summed E-state index contributed by atoms with van der Waals surface area (Å²) in [6, 6.07) is 14.9. The number of hydrogen-bond acceptors (Lipinski definition) is 4. The smallest absolute Gasteiger partial charge is 0.126 e. The minimum Gasteiger partial charge on any atom is -0.493 e. The highest BCUT2D eigenvalue weighted by Crippen LogP contribution is 2.49. The Bertz CT molecular complexity index is 731. The van der Waals surface area contributed by atoms with E-state index in [-0.39, 0.29) is 12.1 Å². The van der Waals surface area contributed by atoms with Crippen molar-refractivity contribution in [3.63, 3.8) is 0 Å². The predicted molar refractivity (Wildman–Crippen MR) is 118 cm³/mol. The molecule has 0 aromatic heterocycles. The van der Waals surface area contributed by atoms with Crippen LogP contribution in [0.4, 0.5) is 0 Å². The van der Waals surface area contributed by atoms with Gasteiger partial charge in [-0.2, -0.15) is 0 Å². The monoisotopic (exact) mass is 397 g/mol. The zero-order valence-corrected chi connectivity index (χ0v) is 18.2. The molecule has 3 rings (SSSR count). The van der Waals surface area contributed by atoms with E-state index in [4.69, 9.17) is 14.2 Å². The average molecular weight is 398 g/mol. The number of ether oxygens (including phenoxy) is 3. The molecule has 2 aromatic rings. The molecule has 1 aliphatic carbocycles. The Balaban J connectivity index is 1.60. The van der Waals surface area contributed by atoms with E-state index in [1.54, 1.807) is 0 Å². The lowest BCUT2D eigenvalue weighted by molar-refractivity contribution is 0.0666. The van der Waals surface area contributed by atoms with E-state index in [1.165, 1.54) is 29.5 Å². The molecule has 0 amide bonds. The second kappa shape index (κ2) is 10.7. The molecule has 1 fully saturated rings. The molecule has 4 nitrogen and oxygen atoms in total. The molecular weight excluding hydrogens is 362 g/mol. The first-order valence-corrected chi connectivity index (χ1v) is 11.0. The average Bonchev–Trinajstić information content (AvgIpc) is 3.57. The molecule has 0 heterocycles. The molecule has 29 heavy (non-hydrogen) atoms. The van der Waals surface area contributed by atoms with Crippen molar-refractivity contribution in [1.29, 1.82) is 0 Å². The molecule has 2 aromatic carbocycles. The molecule has 0 unspecified atom stereocenters. The highest BCUT2D eigenvalue weighted by atomic mass is 16.5. The van der Waals surface area contributed by atoms with E-state index in [1.807, 2.05) is 32.0 Å². The van der Waals surface area contributed by atoms with Crippen LogP contribution in [0.2, 0.25) is 0 Å². The van der Waals surface area contributed by atoms with E-state index in [0.29, 0.717) is 25.7 Å². The first-order chi connectivity index (χ1) is 14.1. The van der Waals surface area contributed by atoms with Crippen LogP contribution in [-0.4, -0.2) is 26.4 Å². The van der Waals surface area contributed by atoms with Crippen LogP contribution in [0.3, 0.4) is 0 Å². The van der Waals surface area contributed by atoms with Gasteiger partial charge in [0.1, 0.15) is 11.5 Å². The molecule has 0 spiro atoms. The molecule has 0 radical (unpaired) electrons. The summed E-state index contributed by atoms with van der Waals surface area (Å²) in [5.74, 6) is 2.56. The van der Waals surface area contributed by atoms with Gasteiger partial charge in [-0.25, -0.2) is 0 Å². The van der Waals surface area contributed by atoms with Crippen molar-refractivity contribution in [3.8, 4) is 11.5 Å². The summed E-state index contributed by atoms with van der Waals surface area (Å²) in [5.41, 5.74) is 3.65. The van der Waals surface area contributed by atoms with Gasteiger partial charge in [0.2, 0.25) is 0 Å². The van der Waals surface area contributed by atoms with Crippen LogP contribution in [0, 0.1) is 0 Å². The Morgan fingerprint density at radius 2 is 1.55 bits per heavy atom. The summed E-state index contributed by atoms with van der Waals surface area (Å²) in [6.07, 6.45) is 2.55. The van der Waals surface area contributed by atoms with Crippen LogP contribution < -0.4 is 14.8 Å². The van der Waals surface area contributed by atoms with Gasteiger partial charge in [-0.15, -0.1) is 0 Å². The molecular formula is C25H35NO3. The number of rotatable bonds is 12. The second-order valence-electron chi connectivity index (χ2n) is 7.67. The van der Waals surface area contributed by atoms with E-state index in [2.05, 4.69) is 43.4 Å². The first kappa shape index (κ1) is 21.7. The van der Waals surface area contributed by atoms with Crippen molar-refractivity contribution in [1.82, 2.24) is 5.32 Å². The van der Waals surface area contributed by atoms with Crippen molar-refractivity contribution >= 4 is 0 Å². The highest BCUT2D eigenvalue weighted by molar-refractivity contribution is 5.52. The summed E-state index contributed by atoms with van der Waals surface area (Å²) in [7, 11) is 0. The standard InChI is InChI=1S/C25H35NO3/c1-5-27-23-16-22(17-24(28-6-2)25(23)21-12-13-21)18(3)26-14-15-29-19(4)20-10-8-7-9-11-20/h7-11,16-19,21,26H,5-6,12-15H2,1-4H3/t18-,19+/m1/s1. The zero-order chi connectivity index (χ0) is 20.6. The van der Waals surface area contributed by atoms with Crippen molar-refractivity contribution in [2.24, 2.45) is 0 Å². The summed E-state index contributed by atoms with van der Waals surface area (Å²) < 4.78 is 18.0. The SMILES string of the molecule is CCOc1cc([C@@H](C)NCCO[C@@H](C)c2ccccc2)cc(OCC)c1C1CC1. The molecule has 1 aliphatic rings. The molecule has 0 bridgehead atoms. The molecule has 1 saturated carbocycles. The lowest BCUT2D eigenvalue weighted by atomic mass is 10.0. The summed E-state index contributed by atoms with van der Waals surface area (Å²) in [5, 5.41) is 3.57. The topological polar surface area (TPSA) is 39.7 Å².